The highest BCUT2D eigenvalue weighted by Crippen LogP contribution is 2.55. The lowest BCUT2D eigenvalue weighted by molar-refractivity contribution is 0.209. The van der Waals surface area contributed by atoms with Crippen LogP contribution in [0.25, 0.3) is 10.8 Å². The van der Waals surface area contributed by atoms with Crippen molar-refractivity contribution < 1.29 is 27.2 Å². The predicted molar refractivity (Wildman–Crippen MR) is 123 cm³/mol. The van der Waals surface area contributed by atoms with Crippen LogP contribution in [0.3, 0.4) is 0 Å². The quantitative estimate of drug-likeness (QED) is 0.301. The zero-order chi connectivity index (χ0) is 22.0. The molecule has 0 aliphatic carbocycles. The van der Waals surface area contributed by atoms with Crippen LogP contribution in [0, 0.1) is 5.92 Å². The lowest BCUT2D eigenvalue weighted by Crippen LogP contribution is -2.19. The second-order valence-corrected chi connectivity index (χ2v) is 11.2. The van der Waals surface area contributed by atoms with E-state index in [1.54, 1.807) is 27.7 Å². The summed E-state index contributed by atoms with van der Waals surface area (Å²) in [6, 6.07) is 14.2. The van der Waals surface area contributed by atoms with Crippen LogP contribution in [-0.2, 0) is 33.6 Å². The smallest absolute Gasteiger partial charge is 0.309 e. The van der Waals surface area contributed by atoms with Crippen molar-refractivity contribution in [2.45, 2.75) is 34.1 Å². The molecule has 0 radical (unpaired) electrons. The van der Waals surface area contributed by atoms with Gasteiger partial charge in [-0.1, -0.05) is 42.5 Å². The molecule has 0 aromatic heterocycles. The maximum atomic E-state index is 13.3. The van der Waals surface area contributed by atoms with Crippen LogP contribution in [0.5, 0.6) is 0 Å². The van der Waals surface area contributed by atoms with Gasteiger partial charge in [0.05, 0.1) is 38.8 Å². The summed E-state index contributed by atoms with van der Waals surface area (Å²) in [4.78, 5) is 0. The standard InChI is InChI=1S/C22H34O6P2/c1-5-25-29(23,26-6-2)17-19(18-30(24,27-7-3)28-8-4)16-21-14-11-13-20-12-9-10-15-22(20)21/h9-15,19H,5-8,16-18H2,1-4H3. The molecule has 0 atom stereocenters. The molecular formula is C22H34O6P2. The third kappa shape index (κ3) is 7.30. The topological polar surface area (TPSA) is 71.1 Å². The average molecular weight is 456 g/mol. The molecule has 2 aromatic carbocycles. The summed E-state index contributed by atoms with van der Waals surface area (Å²) in [6.45, 7) is 8.29. The van der Waals surface area contributed by atoms with Crippen molar-refractivity contribution in [1.29, 1.82) is 0 Å². The number of rotatable bonds is 14. The molecule has 0 heterocycles. The minimum absolute atomic E-state index is 0.155. The molecule has 2 aromatic rings. The van der Waals surface area contributed by atoms with Gasteiger partial charge in [0, 0.05) is 0 Å². The number of benzene rings is 2. The molecule has 30 heavy (non-hydrogen) atoms. The molecule has 8 heteroatoms. The highest BCUT2D eigenvalue weighted by Gasteiger charge is 2.35. The van der Waals surface area contributed by atoms with E-state index < -0.39 is 15.2 Å². The monoisotopic (exact) mass is 456 g/mol. The minimum atomic E-state index is -3.33. The Bertz CT molecular complexity index is 828. The largest absolute Gasteiger partial charge is 0.330 e. The van der Waals surface area contributed by atoms with E-state index in [0.29, 0.717) is 6.42 Å². The first-order chi connectivity index (χ1) is 14.4. The summed E-state index contributed by atoms with van der Waals surface area (Å²) in [6.07, 6.45) is 0.875. The Hall–Kier alpha value is -1.00. The van der Waals surface area contributed by atoms with Crippen molar-refractivity contribution in [3.05, 3.63) is 48.0 Å². The molecule has 0 saturated carbocycles. The lowest BCUT2D eigenvalue weighted by Gasteiger charge is -2.26. The Labute approximate surface area is 180 Å². The zero-order valence-corrected chi connectivity index (χ0v) is 20.2. The summed E-state index contributed by atoms with van der Waals surface area (Å²) >= 11 is 0. The maximum absolute atomic E-state index is 13.3. The first-order valence-corrected chi connectivity index (χ1v) is 14.1. The van der Waals surface area contributed by atoms with Gasteiger partial charge >= 0.3 is 15.2 Å². The molecule has 6 nitrogen and oxygen atoms in total. The molecule has 0 aliphatic rings. The van der Waals surface area contributed by atoms with Crippen LogP contribution in [0.1, 0.15) is 33.3 Å². The Morgan fingerprint density at radius 1 is 0.700 bits per heavy atom. The van der Waals surface area contributed by atoms with E-state index in [1.807, 2.05) is 24.3 Å². The predicted octanol–water partition coefficient (Wildman–Crippen LogP) is 6.53. The fourth-order valence-corrected chi connectivity index (χ4v) is 7.80. The number of hydrogen-bond donors (Lipinski definition) is 0. The van der Waals surface area contributed by atoms with E-state index in [1.165, 1.54) is 0 Å². The van der Waals surface area contributed by atoms with Gasteiger partial charge < -0.3 is 18.1 Å². The van der Waals surface area contributed by atoms with Gasteiger partial charge in [-0.05, 0) is 56.4 Å². The molecule has 0 amide bonds. The Morgan fingerprint density at radius 2 is 1.17 bits per heavy atom. The fourth-order valence-electron chi connectivity index (χ4n) is 3.67. The first kappa shape index (κ1) is 25.3. The fraction of sp³-hybridized carbons (Fsp3) is 0.545. The highest BCUT2D eigenvalue weighted by molar-refractivity contribution is 7.55. The van der Waals surface area contributed by atoms with Crippen molar-refractivity contribution in [3.8, 4) is 0 Å². The lowest BCUT2D eigenvalue weighted by atomic mass is 9.97. The number of hydrogen-bond acceptors (Lipinski definition) is 6. The molecule has 0 saturated heterocycles. The number of fused-ring (bicyclic) bond motifs is 1. The van der Waals surface area contributed by atoms with Crippen molar-refractivity contribution in [1.82, 2.24) is 0 Å². The van der Waals surface area contributed by atoms with Gasteiger partial charge in [-0.15, -0.1) is 0 Å². The van der Waals surface area contributed by atoms with Crippen LogP contribution >= 0.6 is 15.2 Å². The third-order valence-electron chi connectivity index (χ3n) is 4.66. The summed E-state index contributed by atoms with van der Waals surface area (Å²) in [7, 11) is -6.66. The molecule has 2 rings (SSSR count). The maximum Gasteiger partial charge on any atom is 0.330 e. The van der Waals surface area contributed by atoms with Crippen LogP contribution in [0.15, 0.2) is 42.5 Å². The van der Waals surface area contributed by atoms with E-state index in [-0.39, 0.29) is 44.7 Å². The molecule has 0 unspecified atom stereocenters. The van der Waals surface area contributed by atoms with E-state index in [9.17, 15) is 9.13 Å². The average Bonchev–Trinajstić information content (AvgIpc) is 2.68. The van der Waals surface area contributed by atoms with Gasteiger partial charge in [-0.2, -0.15) is 0 Å². The third-order valence-corrected chi connectivity index (χ3v) is 9.19. The van der Waals surface area contributed by atoms with Crippen molar-refractivity contribution in [3.63, 3.8) is 0 Å². The van der Waals surface area contributed by atoms with Crippen molar-refractivity contribution >= 4 is 26.0 Å². The van der Waals surface area contributed by atoms with E-state index in [4.69, 9.17) is 18.1 Å². The Balaban J connectivity index is 2.38. The van der Waals surface area contributed by atoms with Crippen molar-refractivity contribution in [2.24, 2.45) is 5.92 Å². The van der Waals surface area contributed by atoms with Crippen molar-refractivity contribution in [2.75, 3.05) is 38.8 Å². The molecule has 0 spiro atoms. The second-order valence-electron chi connectivity index (χ2n) is 6.97. The molecule has 0 aliphatic heterocycles. The molecule has 0 N–H and O–H groups in total. The minimum Gasteiger partial charge on any atom is -0.309 e. The van der Waals surface area contributed by atoms with E-state index in [0.717, 1.165) is 16.3 Å². The normalized spacial score (nSPS) is 12.7. The van der Waals surface area contributed by atoms with Gasteiger partial charge in [-0.25, -0.2) is 0 Å². The molecule has 0 fully saturated rings. The van der Waals surface area contributed by atoms with Crippen LogP contribution in [0.2, 0.25) is 0 Å². The van der Waals surface area contributed by atoms with Crippen LogP contribution < -0.4 is 0 Å². The van der Waals surface area contributed by atoms with Gasteiger partial charge in [0.2, 0.25) is 0 Å². The molecular weight excluding hydrogens is 422 g/mol. The van der Waals surface area contributed by atoms with Gasteiger partial charge in [0.25, 0.3) is 0 Å². The SMILES string of the molecule is CCOP(=O)(CC(Cc1cccc2ccccc12)CP(=O)(OCC)OCC)OCC. The van der Waals surface area contributed by atoms with Gasteiger partial charge in [0.15, 0.2) is 0 Å². The Kier molecular flexibility index (Phi) is 10.2. The van der Waals surface area contributed by atoms with Gasteiger partial charge in [-0.3, -0.25) is 9.13 Å². The Morgan fingerprint density at radius 3 is 1.67 bits per heavy atom. The van der Waals surface area contributed by atoms with Crippen LogP contribution in [-0.4, -0.2) is 38.8 Å². The highest BCUT2D eigenvalue weighted by atomic mass is 31.2. The van der Waals surface area contributed by atoms with E-state index in [2.05, 4.69) is 18.2 Å². The van der Waals surface area contributed by atoms with E-state index >= 15 is 0 Å². The van der Waals surface area contributed by atoms with Gasteiger partial charge in [0.1, 0.15) is 0 Å². The summed E-state index contributed by atoms with van der Waals surface area (Å²) in [5.74, 6) is -0.260. The second kappa shape index (κ2) is 12.1. The summed E-state index contributed by atoms with van der Waals surface area (Å²) < 4.78 is 48.6. The van der Waals surface area contributed by atoms with Crippen LogP contribution in [0.4, 0.5) is 0 Å². The molecule has 168 valence electrons. The first-order valence-electron chi connectivity index (χ1n) is 10.6. The molecule has 0 bridgehead atoms. The zero-order valence-electron chi connectivity index (χ0n) is 18.4. The summed E-state index contributed by atoms with van der Waals surface area (Å²) in [5, 5.41) is 2.25. The summed E-state index contributed by atoms with van der Waals surface area (Å²) in [5.41, 5.74) is 1.09.